The molecule has 0 radical (unpaired) electrons. The van der Waals surface area contributed by atoms with E-state index in [2.05, 4.69) is 5.10 Å². The van der Waals surface area contributed by atoms with Crippen LogP contribution in [0.3, 0.4) is 0 Å². The zero-order valence-electron chi connectivity index (χ0n) is 9.65. The van der Waals surface area contributed by atoms with Crippen molar-refractivity contribution in [3.8, 4) is 0 Å². The van der Waals surface area contributed by atoms with Crippen LogP contribution in [0.4, 0.5) is 0 Å². The number of nitrogens with zero attached hydrogens (tertiary/aromatic N) is 2. The number of methoxy groups -OCH3 is 1. The summed E-state index contributed by atoms with van der Waals surface area (Å²) >= 11 is 0. The molecule has 4 nitrogen and oxygen atoms in total. The predicted molar refractivity (Wildman–Crippen MR) is 60.6 cm³/mol. The third kappa shape index (κ3) is 4.44. The van der Waals surface area contributed by atoms with E-state index in [0.29, 0.717) is 0 Å². The van der Waals surface area contributed by atoms with Gasteiger partial charge in [-0.15, -0.1) is 0 Å². The van der Waals surface area contributed by atoms with Crippen LogP contribution in [0.5, 0.6) is 0 Å². The van der Waals surface area contributed by atoms with Crippen molar-refractivity contribution < 1.29 is 4.74 Å². The predicted octanol–water partition coefficient (Wildman–Crippen LogP) is 1.11. The molecule has 0 aliphatic heterocycles. The van der Waals surface area contributed by atoms with Crippen molar-refractivity contribution >= 4 is 0 Å². The minimum Gasteiger partial charge on any atom is -0.385 e. The summed E-state index contributed by atoms with van der Waals surface area (Å²) in [6.45, 7) is 0.805. The summed E-state index contributed by atoms with van der Waals surface area (Å²) in [7, 11) is 3.69. The highest BCUT2D eigenvalue weighted by atomic mass is 16.5. The molecule has 0 fully saturated rings. The van der Waals surface area contributed by atoms with E-state index in [1.165, 1.54) is 5.69 Å². The van der Waals surface area contributed by atoms with Crippen LogP contribution in [0.1, 0.15) is 25.0 Å². The summed E-state index contributed by atoms with van der Waals surface area (Å²) in [5, 5.41) is 4.13. The molecule has 0 saturated carbocycles. The number of ether oxygens (including phenoxy) is 1. The van der Waals surface area contributed by atoms with E-state index in [-0.39, 0.29) is 6.04 Å². The maximum Gasteiger partial charge on any atom is 0.0492 e. The Labute approximate surface area is 91.4 Å². The summed E-state index contributed by atoms with van der Waals surface area (Å²) in [6, 6.07) is 2.32. The quantitative estimate of drug-likeness (QED) is 0.687. The lowest BCUT2D eigenvalue weighted by Gasteiger charge is -2.10. The van der Waals surface area contributed by atoms with Gasteiger partial charge >= 0.3 is 0 Å². The monoisotopic (exact) mass is 211 g/mol. The molecule has 0 saturated heterocycles. The molecule has 4 heteroatoms. The molecule has 86 valence electrons. The van der Waals surface area contributed by atoms with E-state index in [0.717, 1.165) is 32.3 Å². The Balaban J connectivity index is 2.16. The highest BCUT2D eigenvalue weighted by Crippen LogP contribution is 2.06. The molecule has 2 N–H and O–H groups in total. The third-order valence-electron chi connectivity index (χ3n) is 2.62. The maximum atomic E-state index is 6.00. The van der Waals surface area contributed by atoms with Crippen LogP contribution >= 0.6 is 0 Å². The first-order chi connectivity index (χ1) is 7.24. The van der Waals surface area contributed by atoms with Gasteiger partial charge in [-0.25, -0.2) is 0 Å². The second-order valence-corrected chi connectivity index (χ2v) is 3.88. The Hall–Kier alpha value is -0.870. The van der Waals surface area contributed by atoms with Crippen LogP contribution in [0.2, 0.25) is 0 Å². The van der Waals surface area contributed by atoms with E-state index in [9.17, 15) is 0 Å². The fourth-order valence-corrected chi connectivity index (χ4v) is 1.61. The number of hydrogen-bond acceptors (Lipinski definition) is 3. The first-order valence-corrected chi connectivity index (χ1v) is 5.45. The average molecular weight is 211 g/mol. The Morgan fingerprint density at radius 2 is 2.33 bits per heavy atom. The first kappa shape index (κ1) is 12.2. The van der Waals surface area contributed by atoms with Gasteiger partial charge < -0.3 is 10.5 Å². The zero-order valence-corrected chi connectivity index (χ0v) is 9.65. The van der Waals surface area contributed by atoms with Crippen LogP contribution in [0.25, 0.3) is 0 Å². The first-order valence-electron chi connectivity index (χ1n) is 5.45. The Morgan fingerprint density at radius 3 is 2.93 bits per heavy atom. The van der Waals surface area contributed by atoms with E-state index in [4.69, 9.17) is 10.5 Å². The maximum absolute atomic E-state index is 6.00. The number of hydrogen-bond donors (Lipinski definition) is 1. The highest BCUT2D eigenvalue weighted by molar-refractivity contribution is 5.00. The average Bonchev–Trinajstić information content (AvgIpc) is 2.61. The van der Waals surface area contributed by atoms with Gasteiger partial charge in [0.25, 0.3) is 0 Å². The van der Waals surface area contributed by atoms with Crippen LogP contribution in [-0.2, 0) is 18.2 Å². The van der Waals surface area contributed by atoms with Crippen molar-refractivity contribution in [3.63, 3.8) is 0 Å². The summed E-state index contributed by atoms with van der Waals surface area (Å²) in [6.07, 6.45) is 5.93. The molecule has 1 atom stereocenters. The molecule has 0 aromatic carbocycles. The molecule has 15 heavy (non-hydrogen) atoms. The minimum absolute atomic E-state index is 0.273. The third-order valence-corrected chi connectivity index (χ3v) is 2.62. The second kappa shape index (κ2) is 6.58. The lowest BCUT2D eigenvalue weighted by atomic mass is 10.1. The van der Waals surface area contributed by atoms with Crippen LogP contribution in [0.15, 0.2) is 12.3 Å². The fourth-order valence-electron chi connectivity index (χ4n) is 1.61. The molecule has 1 rings (SSSR count). The molecule has 1 heterocycles. The number of rotatable bonds is 7. The van der Waals surface area contributed by atoms with Crippen LogP contribution in [-0.4, -0.2) is 29.5 Å². The Bertz CT molecular complexity index is 273. The number of nitrogens with two attached hydrogens (primary N) is 1. The van der Waals surface area contributed by atoms with Gasteiger partial charge in [0, 0.05) is 38.7 Å². The summed E-state index contributed by atoms with van der Waals surface area (Å²) in [4.78, 5) is 0. The standard InChI is InChI=1S/C11H21N3O/c1-14-11(7-8-13-14)6-5-10(12)4-3-9-15-2/h7-8,10H,3-6,9,12H2,1-2H3. The fraction of sp³-hybridized carbons (Fsp3) is 0.727. The topological polar surface area (TPSA) is 53.1 Å². The Morgan fingerprint density at radius 1 is 1.53 bits per heavy atom. The van der Waals surface area contributed by atoms with Gasteiger partial charge in [0.1, 0.15) is 0 Å². The van der Waals surface area contributed by atoms with Gasteiger partial charge in [-0.2, -0.15) is 5.10 Å². The molecule has 1 aromatic heterocycles. The van der Waals surface area contributed by atoms with Crippen LogP contribution < -0.4 is 5.73 Å². The van der Waals surface area contributed by atoms with E-state index in [1.807, 2.05) is 24.0 Å². The van der Waals surface area contributed by atoms with Crippen LogP contribution in [0, 0.1) is 0 Å². The van der Waals surface area contributed by atoms with Gasteiger partial charge in [0.15, 0.2) is 0 Å². The molecule has 0 aliphatic rings. The molecule has 0 amide bonds. The highest BCUT2D eigenvalue weighted by Gasteiger charge is 2.04. The van der Waals surface area contributed by atoms with Crippen molar-refractivity contribution in [2.45, 2.75) is 31.7 Å². The minimum atomic E-state index is 0.273. The van der Waals surface area contributed by atoms with Gasteiger partial charge in [0.05, 0.1) is 0 Å². The molecule has 1 unspecified atom stereocenters. The van der Waals surface area contributed by atoms with Gasteiger partial charge in [-0.1, -0.05) is 0 Å². The van der Waals surface area contributed by atoms with Crippen molar-refractivity contribution in [3.05, 3.63) is 18.0 Å². The molecule has 0 aliphatic carbocycles. The number of aryl methyl sites for hydroxylation is 2. The molecular formula is C11H21N3O. The van der Waals surface area contributed by atoms with E-state index in [1.54, 1.807) is 7.11 Å². The Kier molecular flexibility index (Phi) is 5.36. The van der Waals surface area contributed by atoms with Gasteiger partial charge in [-0.3, -0.25) is 4.68 Å². The molecule has 0 bridgehead atoms. The SMILES string of the molecule is COCCCC(N)CCc1ccnn1C. The van der Waals surface area contributed by atoms with Gasteiger partial charge in [-0.05, 0) is 31.7 Å². The largest absolute Gasteiger partial charge is 0.385 e. The van der Waals surface area contributed by atoms with Gasteiger partial charge in [0.2, 0.25) is 0 Å². The molecule has 1 aromatic rings. The molecule has 0 spiro atoms. The number of aromatic nitrogens is 2. The molecular weight excluding hydrogens is 190 g/mol. The van der Waals surface area contributed by atoms with E-state index >= 15 is 0 Å². The lowest BCUT2D eigenvalue weighted by Crippen LogP contribution is -2.21. The smallest absolute Gasteiger partial charge is 0.0492 e. The zero-order chi connectivity index (χ0) is 11.1. The summed E-state index contributed by atoms with van der Waals surface area (Å²) in [5.74, 6) is 0. The summed E-state index contributed by atoms with van der Waals surface area (Å²) in [5.41, 5.74) is 7.24. The van der Waals surface area contributed by atoms with Crippen molar-refractivity contribution in [1.82, 2.24) is 9.78 Å². The normalized spacial score (nSPS) is 13.0. The lowest BCUT2D eigenvalue weighted by molar-refractivity contribution is 0.190. The summed E-state index contributed by atoms with van der Waals surface area (Å²) < 4.78 is 6.90. The van der Waals surface area contributed by atoms with Crippen molar-refractivity contribution in [1.29, 1.82) is 0 Å². The second-order valence-electron chi connectivity index (χ2n) is 3.88. The van der Waals surface area contributed by atoms with Crippen molar-refractivity contribution in [2.24, 2.45) is 12.8 Å². The van der Waals surface area contributed by atoms with Crippen molar-refractivity contribution in [2.75, 3.05) is 13.7 Å². The van der Waals surface area contributed by atoms with E-state index < -0.39 is 0 Å².